The molecule has 2 heterocycles. The molecule has 0 spiro atoms. The maximum Gasteiger partial charge on any atom is 0.0220 e. The van der Waals surface area contributed by atoms with Crippen LogP contribution in [0.5, 0.6) is 0 Å². The van der Waals surface area contributed by atoms with Crippen LogP contribution in [0.3, 0.4) is 0 Å². The van der Waals surface area contributed by atoms with Crippen molar-refractivity contribution in [2.45, 2.75) is 51.5 Å². The molecule has 0 aromatic heterocycles. The highest BCUT2D eigenvalue weighted by molar-refractivity contribution is 4.90. The quantitative estimate of drug-likeness (QED) is 0.824. The number of nitrogens with zero attached hydrogens (tertiary/aromatic N) is 2. The first-order valence-corrected chi connectivity index (χ1v) is 8.25. The van der Waals surface area contributed by atoms with Crippen LogP contribution in [-0.4, -0.2) is 62.7 Å². The lowest BCUT2D eigenvalue weighted by Crippen LogP contribution is -2.52. The summed E-state index contributed by atoms with van der Waals surface area (Å²) in [5.41, 5.74) is 0.539. The van der Waals surface area contributed by atoms with E-state index in [1.54, 1.807) is 0 Å². The van der Waals surface area contributed by atoms with Gasteiger partial charge in [0.15, 0.2) is 0 Å². The number of likely N-dealkylation sites (N-methyl/N-ethyl adjacent to an activating group) is 2. The van der Waals surface area contributed by atoms with Crippen LogP contribution in [-0.2, 0) is 0 Å². The molecule has 2 aliphatic rings. The summed E-state index contributed by atoms with van der Waals surface area (Å²) in [6.07, 6.45) is 8.23. The van der Waals surface area contributed by atoms with Gasteiger partial charge >= 0.3 is 0 Å². The Bertz CT molecular complexity index is 255. The van der Waals surface area contributed by atoms with E-state index in [-0.39, 0.29) is 0 Å². The smallest absolute Gasteiger partial charge is 0.0220 e. The Kier molecular flexibility index (Phi) is 5.67. The van der Waals surface area contributed by atoms with E-state index >= 15 is 0 Å². The third kappa shape index (κ3) is 4.17. The highest BCUT2D eigenvalue weighted by atomic mass is 15.2. The molecule has 2 aliphatic heterocycles. The van der Waals surface area contributed by atoms with Crippen LogP contribution < -0.4 is 5.32 Å². The lowest BCUT2D eigenvalue weighted by atomic mass is 9.76. The van der Waals surface area contributed by atoms with Crippen LogP contribution in [0.2, 0.25) is 0 Å². The maximum absolute atomic E-state index is 3.64. The number of likely N-dealkylation sites (tertiary alicyclic amines) is 1. The first-order chi connectivity index (χ1) is 9.15. The Balaban J connectivity index is 1.92. The summed E-state index contributed by atoms with van der Waals surface area (Å²) in [5.74, 6) is 0. The van der Waals surface area contributed by atoms with Crippen LogP contribution in [0.1, 0.15) is 45.4 Å². The molecule has 2 rings (SSSR count). The van der Waals surface area contributed by atoms with Crippen LogP contribution in [0.25, 0.3) is 0 Å². The molecule has 0 radical (unpaired) electrons. The van der Waals surface area contributed by atoms with Crippen molar-refractivity contribution in [3.63, 3.8) is 0 Å². The van der Waals surface area contributed by atoms with Crippen molar-refractivity contribution in [2.75, 3.05) is 46.8 Å². The predicted molar refractivity (Wildman–Crippen MR) is 82.6 cm³/mol. The van der Waals surface area contributed by atoms with E-state index in [2.05, 4.69) is 36.1 Å². The molecule has 3 nitrogen and oxygen atoms in total. The van der Waals surface area contributed by atoms with Crippen molar-refractivity contribution in [1.29, 1.82) is 0 Å². The van der Waals surface area contributed by atoms with Crippen LogP contribution in [0.15, 0.2) is 0 Å². The monoisotopic (exact) mass is 267 g/mol. The normalized spacial score (nSPS) is 33.8. The van der Waals surface area contributed by atoms with E-state index in [4.69, 9.17) is 0 Å². The Morgan fingerprint density at radius 2 is 2.21 bits per heavy atom. The molecule has 0 aromatic rings. The van der Waals surface area contributed by atoms with E-state index in [0.717, 1.165) is 6.04 Å². The summed E-state index contributed by atoms with van der Waals surface area (Å²) in [6, 6.07) is 0.773. The fourth-order valence-electron chi connectivity index (χ4n) is 4.15. The lowest BCUT2D eigenvalue weighted by Gasteiger charge is -2.44. The number of rotatable bonds is 5. The van der Waals surface area contributed by atoms with Crippen molar-refractivity contribution in [2.24, 2.45) is 5.41 Å². The minimum atomic E-state index is 0.539. The summed E-state index contributed by atoms with van der Waals surface area (Å²) >= 11 is 0. The van der Waals surface area contributed by atoms with E-state index in [9.17, 15) is 0 Å². The largest absolute Gasteiger partial charge is 0.316 e. The lowest BCUT2D eigenvalue weighted by molar-refractivity contribution is 0.0657. The number of hydrogen-bond donors (Lipinski definition) is 1. The molecule has 0 aromatic carbocycles. The van der Waals surface area contributed by atoms with Gasteiger partial charge < -0.3 is 15.1 Å². The Morgan fingerprint density at radius 3 is 2.84 bits per heavy atom. The highest BCUT2D eigenvalue weighted by Crippen LogP contribution is 2.33. The molecule has 1 N–H and O–H groups in total. The minimum absolute atomic E-state index is 0.539. The molecular formula is C16H33N3. The number of nitrogens with one attached hydrogen (secondary N) is 1. The number of hydrogen-bond acceptors (Lipinski definition) is 3. The second-order valence-corrected chi connectivity index (χ2v) is 7.00. The van der Waals surface area contributed by atoms with Gasteiger partial charge in [-0.05, 0) is 64.7 Å². The van der Waals surface area contributed by atoms with Gasteiger partial charge in [-0.25, -0.2) is 0 Å². The van der Waals surface area contributed by atoms with Gasteiger partial charge in [0.2, 0.25) is 0 Å². The van der Waals surface area contributed by atoms with Crippen molar-refractivity contribution in [3.05, 3.63) is 0 Å². The van der Waals surface area contributed by atoms with E-state index in [1.807, 2.05) is 0 Å². The van der Waals surface area contributed by atoms with Crippen LogP contribution in [0.4, 0.5) is 0 Å². The highest BCUT2D eigenvalue weighted by Gasteiger charge is 2.34. The second-order valence-electron chi connectivity index (χ2n) is 7.00. The topological polar surface area (TPSA) is 18.5 Å². The molecule has 0 bridgehead atoms. The van der Waals surface area contributed by atoms with Gasteiger partial charge in [-0.3, -0.25) is 0 Å². The van der Waals surface area contributed by atoms with Crippen LogP contribution >= 0.6 is 0 Å². The van der Waals surface area contributed by atoms with Gasteiger partial charge in [0.05, 0.1) is 0 Å². The van der Waals surface area contributed by atoms with Gasteiger partial charge in [0.25, 0.3) is 0 Å². The average Bonchev–Trinajstić information content (AvgIpc) is 2.40. The third-order valence-electron chi connectivity index (χ3n) is 5.15. The van der Waals surface area contributed by atoms with E-state index in [0.29, 0.717) is 5.41 Å². The Labute approximate surface area is 119 Å². The average molecular weight is 267 g/mol. The first kappa shape index (κ1) is 15.3. The SMILES string of the molecule is CCCC1(CN(C)C2CCCN(C)C2)CCCNC1. The molecular weight excluding hydrogens is 234 g/mol. The molecule has 19 heavy (non-hydrogen) atoms. The Morgan fingerprint density at radius 1 is 1.37 bits per heavy atom. The molecule has 0 amide bonds. The van der Waals surface area contributed by atoms with Crippen molar-refractivity contribution >= 4 is 0 Å². The van der Waals surface area contributed by atoms with Gasteiger partial charge in [-0.2, -0.15) is 0 Å². The third-order valence-corrected chi connectivity index (χ3v) is 5.15. The molecule has 0 saturated carbocycles. The summed E-state index contributed by atoms with van der Waals surface area (Å²) in [7, 11) is 4.62. The second kappa shape index (κ2) is 7.05. The van der Waals surface area contributed by atoms with Gasteiger partial charge in [0, 0.05) is 25.7 Å². The standard InChI is InChI=1S/C16H33N3/c1-4-8-16(9-6-10-17-13-16)14-19(3)15-7-5-11-18(2)12-15/h15,17H,4-14H2,1-3H3. The van der Waals surface area contributed by atoms with Gasteiger partial charge in [-0.1, -0.05) is 13.3 Å². The Hall–Kier alpha value is -0.120. The van der Waals surface area contributed by atoms with Crippen molar-refractivity contribution in [1.82, 2.24) is 15.1 Å². The molecule has 0 aliphatic carbocycles. The van der Waals surface area contributed by atoms with E-state index < -0.39 is 0 Å². The summed E-state index contributed by atoms with van der Waals surface area (Å²) in [4.78, 5) is 5.16. The maximum atomic E-state index is 3.64. The summed E-state index contributed by atoms with van der Waals surface area (Å²) in [5, 5.41) is 3.64. The zero-order chi connectivity index (χ0) is 13.7. The molecule has 2 saturated heterocycles. The fraction of sp³-hybridized carbons (Fsp3) is 1.00. The summed E-state index contributed by atoms with van der Waals surface area (Å²) in [6.45, 7) is 8.62. The predicted octanol–water partition coefficient (Wildman–Crippen LogP) is 2.18. The molecule has 2 unspecified atom stereocenters. The van der Waals surface area contributed by atoms with Crippen molar-refractivity contribution in [3.8, 4) is 0 Å². The van der Waals surface area contributed by atoms with Gasteiger partial charge in [-0.15, -0.1) is 0 Å². The number of piperidine rings is 2. The summed E-state index contributed by atoms with van der Waals surface area (Å²) < 4.78 is 0. The molecule has 2 atom stereocenters. The van der Waals surface area contributed by atoms with Crippen LogP contribution in [0, 0.1) is 5.41 Å². The molecule has 112 valence electrons. The first-order valence-electron chi connectivity index (χ1n) is 8.25. The molecule has 3 heteroatoms. The zero-order valence-electron chi connectivity index (χ0n) is 13.2. The minimum Gasteiger partial charge on any atom is -0.316 e. The van der Waals surface area contributed by atoms with Gasteiger partial charge in [0.1, 0.15) is 0 Å². The fourth-order valence-corrected chi connectivity index (χ4v) is 4.15. The zero-order valence-corrected chi connectivity index (χ0v) is 13.2. The van der Waals surface area contributed by atoms with Crippen molar-refractivity contribution < 1.29 is 0 Å². The molecule has 2 fully saturated rings. The van der Waals surface area contributed by atoms with E-state index in [1.165, 1.54) is 71.2 Å².